The summed E-state index contributed by atoms with van der Waals surface area (Å²) in [5, 5.41) is 14.1. The first-order valence-corrected chi connectivity index (χ1v) is 13.0. The Morgan fingerprint density at radius 2 is 2.00 bits per heavy atom. The lowest BCUT2D eigenvalue weighted by atomic mass is 9.85. The number of thioether (sulfide) groups is 1. The van der Waals surface area contributed by atoms with Crippen LogP contribution in [-0.4, -0.2) is 34.1 Å². The third-order valence-corrected chi connectivity index (χ3v) is 7.68. The number of allylic oxidation sites excluding steroid dienone is 1. The second kappa shape index (κ2) is 11.0. The Balaban J connectivity index is 1.69. The van der Waals surface area contributed by atoms with Crippen LogP contribution in [0.3, 0.4) is 0 Å². The van der Waals surface area contributed by atoms with Crippen molar-refractivity contribution in [3.05, 3.63) is 71.2 Å². The highest BCUT2D eigenvalue weighted by atomic mass is 32.2. The van der Waals surface area contributed by atoms with Crippen molar-refractivity contribution in [3.8, 4) is 11.5 Å². The van der Waals surface area contributed by atoms with Crippen molar-refractivity contribution in [2.45, 2.75) is 57.5 Å². The van der Waals surface area contributed by atoms with Gasteiger partial charge in [-0.15, -0.1) is 6.58 Å². The topological polar surface area (TPSA) is 61.8 Å². The van der Waals surface area contributed by atoms with E-state index in [2.05, 4.69) is 23.7 Å². The number of carbonyl (C=O) groups is 1. The minimum absolute atomic E-state index is 0.0634. The molecular formula is C28H34N2O3S. The lowest BCUT2D eigenvalue weighted by Crippen LogP contribution is -2.48. The van der Waals surface area contributed by atoms with Crippen LogP contribution < -0.4 is 10.1 Å². The molecule has 2 aromatic rings. The zero-order chi connectivity index (χ0) is 24.1. The highest BCUT2D eigenvalue weighted by Gasteiger charge is 2.42. The maximum Gasteiger partial charge on any atom is 0.262 e. The molecule has 1 aliphatic carbocycles. The molecule has 180 valence electrons. The highest BCUT2D eigenvalue weighted by Crippen LogP contribution is 2.43. The molecule has 1 amide bonds. The van der Waals surface area contributed by atoms with E-state index in [4.69, 9.17) is 4.74 Å². The van der Waals surface area contributed by atoms with Gasteiger partial charge in [-0.2, -0.15) is 0 Å². The fraction of sp³-hybridized carbons (Fsp3) is 0.393. The third-order valence-electron chi connectivity index (χ3n) is 6.56. The third kappa shape index (κ3) is 5.27. The minimum atomic E-state index is -0.164. The van der Waals surface area contributed by atoms with Gasteiger partial charge in [0.1, 0.15) is 0 Å². The van der Waals surface area contributed by atoms with E-state index >= 15 is 0 Å². The second-order valence-corrected chi connectivity index (χ2v) is 10.1. The van der Waals surface area contributed by atoms with Gasteiger partial charge in [-0.25, -0.2) is 0 Å². The summed E-state index contributed by atoms with van der Waals surface area (Å²) in [6.45, 7) is 8.39. The molecular weight excluding hydrogens is 444 g/mol. The first-order valence-electron chi connectivity index (χ1n) is 12.1. The summed E-state index contributed by atoms with van der Waals surface area (Å²) < 4.78 is 5.66. The van der Waals surface area contributed by atoms with Crippen molar-refractivity contribution in [3.63, 3.8) is 0 Å². The molecule has 0 spiro atoms. The van der Waals surface area contributed by atoms with Crippen LogP contribution in [-0.2, 0) is 11.2 Å². The van der Waals surface area contributed by atoms with E-state index < -0.39 is 0 Å². The molecule has 1 heterocycles. The summed E-state index contributed by atoms with van der Waals surface area (Å²) in [6.07, 6.45) is 8.76. The Labute approximate surface area is 206 Å². The summed E-state index contributed by atoms with van der Waals surface area (Å²) in [5.41, 5.74) is 2.41. The molecule has 1 unspecified atom stereocenters. The standard InChI is InChI=1S/C28H34N2O3S/c1-4-11-21-16-20(17-24(26(21)31)33-5-2)18-25-27(32)30(23-15-10-9-12-19(23)3)28(34-25)29-22-13-7-6-8-14-22/h4,6-8,13-14,16-19,23,28-29,31H,1,5,9-12,15H2,2-3H3/b25-18-/t19-,23-,28?/m1/s1. The van der Waals surface area contributed by atoms with Gasteiger partial charge in [0.05, 0.1) is 11.5 Å². The molecule has 3 atom stereocenters. The number of nitrogens with zero attached hydrogens (tertiary/aromatic N) is 1. The number of ether oxygens (including phenoxy) is 1. The molecule has 2 aromatic carbocycles. The predicted octanol–water partition coefficient (Wildman–Crippen LogP) is 6.41. The monoisotopic (exact) mass is 478 g/mol. The van der Waals surface area contributed by atoms with Gasteiger partial charge in [0.25, 0.3) is 5.91 Å². The quantitative estimate of drug-likeness (QED) is 0.339. The van der Waals surface area contributed by atoms with Crippen LogP contribution in [0.1, 0.15) is 50.7 Å². The van der Waals surface area contributed by atoms with Gasteiger partial charge < -0.3 is 20.1 Å². The highest BCUT2D eigenvalue weighted by molar-refractivity contribution is 8.05. The number of amides is 1. The lowest BCUT2D eigenvalue weighted by molar-refractivity contribution is -0.129. The van der Waals surface area contributed by atoms with Gasteiger partial charge in [-0.1, -0.05) is 55.8 Å². The van der Waals surface area contributed by atoms with E-state index in [1.807, 2.05) is 49.4 Å². The summed E-state index contributed by atoms with van der Waals surface area (Å²) in [6, 6.07) is 14.0. The molecule has 34 heavy (non-hydrogen) atoms. The average Bonchev–Trinajstić information content (AvgIpc) is 3.12. The van der Waals surface area contributed by atoms with Crippen LogP contribution in [0.2, 0.25) is 0 Å². The van der Waals surface area contributed by atoms with Gasteiger partial charge in [0, 0.05) is 17.3 Å². The van der Waals surface area contributed by atoms with Crippen LogP contribution >= 0.6 is 11.8 Å². The first kappa shape index (κ1) is 24.3. The summed E-state index contributed by atoms with van der Waals surface area (Å²) in [7, 11) is 0. The number of aromatic hydroxyl groups is 1. The molecule has 0 aromatic heterocycles. The number of anilines is 1. The maximum atomic E-state index is 13.7. The minimum Gasteiger partial charge on any atom is -0.504 e. The van der Waals surface area contributed by atoms with E-state index in [9.17, 15) is 9.90 Å². The van der Waals surface area contributed by atoms with Crippen LogP contribution in [0.25, 0.3) is 6.08 Å². The fourth-order valence-electron chi connectivity index (χ4n) is 4.87. The average molecular weight is 479 g/mol. The molecule has 5 nitrogen and oxygen atoms in total. The maximum absolute atomic E-state index is 13.7. The summed E-state index contributed by atoms with van der Waals surface area (Å²) >= 11 is 1.56. The fourth-order valence-corrected chi connectivity index (χ4v) is 6.08. The smallest absolute Gasteiger partial charge is 0.262 e. The Kier molecular flexibility index (Phi) is 7.88. The van der Waals surface area contributed by atoms with Crippen molar-refractivity contribution in [1.82, 2.24) is 4.90 Å². The van der Waals surface area contributed by atoms with Crippen LogP contribution in [0.15, 0.2) is 60.0 Å². The summed E-state index contributed by atoms with van der Waals surface area (Å²) in [4.78, 5) is 16.5. The van der Waals surface area contributed by atoms with Crippen molar-refractivity contribution >= 4 is 29.4 Å². The van der Waals surface area contributed by atoms with Crippen LogP contribution in [0, 0.1) is 5.92 Å². The van der Waals surface area contributed by atoms with Crippen LogP contribution in [0.4, 0.5) is 5.69 Å². The summed E-state index contributed by atoms with van der Waals surface area (Å²) in [5.74, 6) is 1.10. The molecule has 2 N–H and O–H groups in total. The molecule has 0 radical (unpaired) electrons. The first-order chi connectivity index (χ1) is 16.5. The van der Waals surface area contributed by atoms with Crippen molar-refractivity contribution in [1.29, 1.82) is 0 Å². The van der Waals surface area contributed by atoms with E-state index in [0.717, 1.165) is 36.1 Å². The molecule has 0 bridgehead atoms. The van der Waals surface area contributed by atoms with E-state index in [1.165, 1.54) is 6.42 Å². The van der Waals surface area contributed by atoms with Gasteiger partial charge in [0.15, 0.2) is 17.0 Å². The molecule has 1 saturated carbocycles. The number of phenols is 1. The number of hydrogen-bond donors (Lipinski definition) is 2. The van der Waals surface area contributed by atoms with Gasteiger partial charge >= 0.3 is 0 Å². The number of hydrogen-bond acceptors (Lipinski definition) is 5. The van der Waals surface area contributed by atoms with Gasteiger partial charge in [0.2, 0.25) is 0 Å². The number of rotatable bonds is 8. The van der Waals surface area contributed by atoms with E-state index in [1.54, 1.807) is 23.9 Å². The predicted molar refractivity (Wildman–Crippen MR) is 141 cm³/mol. The number of benzene rings is 2. The Bertz CT molecular complexity index is 1050. The van der Waals surface area contributed by atoms with Crippen molar-refractivity contribution in [2.24, 2.45) is 5.92 Å². The molecule has 6 heteroatoms. The largest absolute Gasteiger partial charge is 0.504 e. The van der Waals surface area contributed by atoms with Gasteiger partial charge in [-0.05, 0) is 68.0 Å². The number of phenolic OH excluding ortho intramolecular Hbond substituents is 1. The molecule has 4 rings (SSSR count). The second-order valence-electron chi connectivity index (χ2n) is 8.98. The van der Waals surface area contributed by atoms with Crippen LogP contribution in [0.5, 0.6) is 11.5 Å². The SMILES string of the molecule is C=CCc1cc(/C=C2\SC(Nc3ccccc3)N([C@@H]3CCCC[C@H]3C)C2=O)cc(OCC)c1O. The Morgan fingerprint density at radius 1 is 1.24 bits per heavy atom. The number of nitrogens with one attached hydrogen (secondary N) is 1. The number of para-hydroxylation sites is 1. The van der Waals surface area contributed by atoms with E-state index in [0.29, 0.717) is 29.6 Å². The Morgan fingerprint density at radius 3 is 2.71 bits per heavy atom. The number of carbonyl (C=O) groups excluding carboxylic acids is 1. The van der Waals surface area contributed by atoms with Crippen molar-refractivity contribution < 1.29 is 14.6 Å². The van der Waals surface area contributed by atoms with Crippen molar-refractivity contribution in [2.75, 3.05) is 11.9 Å². The van der Waals surface area contributed by atoms with Gasteiger partial charge in [-0.3, -0.25) is 4.79 Å². The lowest BCUT2D eigenvalue weighted by Gasteiger charge is -2.39. The zero-order valence-corrected chi connectivity index (χ0v) is 20.8. The molecule has 1 aliphatic heterocycles. The zero-order valence-electron chi connectivity index (χ0n) is 20.0. The molecule has 1 saturated heterocycles. The molecule has 2 aliphatic rings. The Hall–Kier alpha value is -2.86. The normalized spacial score (nSPS) is 23.8. The molecule has 2 fully saturated rings. The van der Waals surface area contributed by atoms with E-state index in [-0.39, 0.29) is 23.2 Å².